The maximum absolute atomic E-state index is 13.9. The van der Waals surface area contributed by atoms with Gasteiger partial charge in [-0.2, -0.15) is 0 Å². The van der Waals surface area contributed by atoms with Crippen molar-refractivity contribution < 1.29 is 33.0 Å². The Morgan fingerprint density at radius 1 is 1.08 bits per heavy atom. The zero-order chi connectivity index (χ0) is 25.9. The van der Waals surface area contributed by atoms with Crippen LogP contribution in [0.5, 0.6) is 5.75 Å². The third-order valence-corrected chi connectivity index (χ3v) is 7.34. The van der Waals surface area contributed by atoms with Crippen LogP contribution in [0.4, 0.5) is 19.3 Å². The van der Waals surface area contributed by atoms with Crippen molar-refractivity contribution in [3.63, 3.8) is 0 Å². The van der Waals surface area contributed by atoms with Gasteiger partial charge in [-0.3, -0.25) is 4.79 Å². The topological polar surface area (TPSA) is 109 Å². The van der Waals surface area contributed by atoms with Crippen molar-refractivity contribution >= 4 is 17.6 Å². The molecule has 10 heteroatoms. The highest BCUT2D eigenvalue weighted by molar-refractivity contribution is 5.89. The summed E-state index contributed by atoms with van der Waals surface area (Å²) in [6.45, 7) is -0.425. The van der Waals surface area contributed by atoms with Crippen LogP contribution in [0.1, 0.15) is 55.6 Å². The Hall–Kier alpha value is -3.24. The average molecular weight is 516 g/mol. The Balaban J connectivity index is 1.22. The van der Waals surface area contributed by atoms with Gasteiger partial charge < -0.3 is 30.5 Å². The number of benzene rings is 2. The predicted octanol–water partition coefficient (Wildman–Crippen LogP) is 3.73. The molecule has 1 aliphatic carbocycles. The Morgan fingerprint density at radius 2 is 1.89 bits per heavy atom. The van der Waals surface area contributed by atoms with Gasteiger partial charge in [-0.1, -0.05) is 12.8 Å². The van der Waals surface area contributed by atoms with Crippen molar-refractivity contribution in [3.05, 3.63) is 59.2 Å². The van der Waals surface area contributed by atoms with E-state index < -0.39 is 29.9 Å². The molecular weight excluding hydrogens is 484 g/mol. The number of halogens is 2. The Morgan fingerprint density at radius 3 is 2.68 bits per heavy atom. The largest absolute Gasteiger partial charge is 0.487 e. The quantitative estimate of drug-likeness (QED) is 0.450. The number of carbonyl (C=O) groups excluding carboxylic acids is 2. The van der Waals surface area contributed by atoms with Gasteiger partial charge >= 0.3 is 6.03 Å². The van der Waals surface area contributed by atoms with Crippen LogP contribution in [0.2, 0.25) is 0 Å². The molecule has 0 bridgehead atoms. The number of aliphatic hydroxyl groups is 1. The monoisotopic (exact) mass is 515 g/mol. The van der Waals surface area contributed by atoms with Crippen molar-refractivity contribution in [2.45, 2.75) is 75.3 Å². The Bertz CT molecular complexity index is 1160. The third-order valence-electron chi connectivity index (χ3n) is 7.34. The molecule has 4 atom stereocenters. The minimum absolute atomic E-state index is 0.00623. The lowest BCUT2D eigenvalue weighted by Gasteiger charge is -2.37. The zero-order valence-corrected chi connectivity index (χ0v) is 20.3. The van der Waals surface area contributed by atoms with Gasteiger partial charge in [0.2, 0.25) is 5.91 Å². The highest BCUT2D eigenvalue weighted by Crippen LogP contribution is 2.47. The molecule has 8 nitrogen and oxygen atoms in total. The van der Waals surface area contributed by atoms with Gasteiger partial charge in [0.05, 0.1) is 19.1 Å². The van der Waals surface area contributed by atoms with Crippen LogP contribution in [0, 0.1) is 11.6 Å². The van der Waals surface area contributed by atoms with Gasteiger partial charge in [-0.15, -0.1) is 0 Å². The maximum Gasteiger partial charge on any atom is 0.319 e. The van der Waals surface area contributed by atoms with E-state index in [2.05, 4.69) is 16.0 Å². The second-order valence-electron chi connectivity index (χ2n) is 9.95. The summed E-state index contributed by atoms with van der Waals surface area (Å²) in [6, 6.07) is 8.49. The van der Waals surface area contributed by atoms with Gasteiger partial charge in [0.1, 0.15) is 29.6 Å². The fourth-order valence-corrected chi connectivity index (χ4v) is 5.54. The summed E-state index contributed by atoms with van der Waals surface area (Å²) in [7, 11) is 0. The molecular formula is C27H31F2N3O5. The lowest BCUT2D eigenvalue weighted by Crippen LogP contribution is -2.47. The summed E-state index contributed by atoms with van der Waals surface area (Å²) in [4.78, 5) is 25.0. The molecule has 198 valence electrons. The molecule has 2 heterocycles. The predicted molar refractivity (Wildman–Crippen MR) is 131 cm³/mol. The van der Waals surface area contributed by atoms with Crippen LogP contribution in [0.15, 0.2) is 36.4 Å². The van der Waals surface area contributed by atoms with Gasteiger partial charge in [-0.05, 0) is 55.7 Å². The van der Waals surface area contributed by atoms with Crippen LogP contribution in [0.3, 0.4) is 0 Å². The van der Waals surface area contributed by atoms with Gasteiger partial charge in [0.25, 0.3) is 0 Å². The number of carbonyl (C=O) groups is 2. The summed E-state index contributed by atoms with van der Waals surface area (Å²) in [5.41, 5.74) is 1.58. The smallest absolute Gasteiger partial charge is 0.319 e. The summed E-state index contributed by atoms with van der Waals surface area (Å²) < 4.78 is 39.3. The van der Waals surface area contributed by atoms with Crippen LogP contribution < -0.4 is 20.7 Å². The maximum atomic E-state index is 13.9. The third kappa shape index (κ3) is 5.86. The molecule has 2 aromatic rings. The van der Waals surface area contributed by atoms with Crippen LogP contribution >= 0.6 is 0 Å². The molecule has 0 aromatic heterocycles. The summed E-state index contributed by atoms with van der Waals surface area (Å²) in [6.07, 6.45) is 3.13. The highest BCUT2D eigenvalue weighted by Gasteiger charge is 2.46. The van der Waals surface area contributed by atoms with E-state index in [1.807, 2.05) is 6.07 Å². The summed E-state index contributed by atoms with van der Waals surface area (Å²) >= 11 is 0. The first-order valence-corrected chi connectivity index (χ1v) is 12.7. The lowest BCUT2D eigenvalue weighted by molar-refractivity contribution is -0.142. The molecule has 2 aromatic carbocycles. The van der Waals surface area contributed by atoms with Crippen molar-refractivity contribution in [2.75, 3.05) is 11.9 Å². The molecule has 0 spiro atoms. The first kappa shape index (κ1) is 25.4. The second kappa shape index (κ2) is 11.0. The standard InChI is InChI=1S/C27H31F2N3O5/c28-16-5-7-22(29)15(9-16)13-30-25(34)12-19-11-21-20-10-18(32-27(35)31-17-3-1-2-4-17)6-8-23(20)37-26(21)24(14-33)36-19/h5-10,17,19,21,24,26,33H,1-4,11-14H2,(H,30,34)(H2,31,32,35)/t19-,21+,24+,26-/m0/s1. The lowest BCUT2D eigenvalue weighted by atomic mass is 9.84. The summed E-state index contributed by atoms with van der Waals surface area (Å²) in [5, 5.41) is 18.5. The van der Waals surface area contributed by atoms with Crippen molar-refractivity contribution in [2.24, 2.45) is 0 Å². The fourth-order valence-electron chi connectivity index (χ4n) is 5.54. The highest BCUT2D eigenvalue weighted by atomic mass is 19.1. The minimum Gasteiger partial charge on any atom is -0.487 e. The zero-order valence-electron chi connectivity index (χ0n) is 20.3. The number of urea groups is 1. The van der Waals surface area contributed by atoms with E-state index in [9.17, 15) is 23.5 Å². The molecule has 1 saturated heterocycles. The molecule has 0 unspecified atom stereocenters. The number of fused-ring (bicyclic) bond motifs is 3. The molecule has 3 amide bonds. The first-order valence-electron chi connectivity index (χ1n) is 12.7. The number of ether oxygens (including phenoxy) is 2. The van der Waals surface area contributed by atoms with Crippen molar-refractivity contribution in [1.29, 1.82) is 0 Å². The van der Waals surface area contributed by atoms with E-state index >= 15 is 0 Å². The second-order valence-corrected chi connectivity index (χ2v) is 9.95. The van der Waals surface area contributed by atoms with E-state index in [-0.39, 0.29) is 49.0 Å². The van der Waals surface area contributed by atoms with E-state index in [1.165, 1.54) is 0 Å². The molecule has 3 aliphatic rings. The Labute approximate surface area is 213 Å². The molecule has 5 rings (SSSR count). The normalized spacial score (nSPS) is 24.6. The van der Waals surface area contributed by atoms with E-state index in [4.69, 9.17) is 9.47 Å². The molecule has 37 heavy (non-hydrogen) atoms. The van der Waals surface area contributed by atoms with Crippen LogP contribution in [-0.4, -0.2) is 48.0 Å². The fraction of sp³-hybridized carbons (Fsp3) is 0.481. The van der Waals surface area contributed by atoms with Gasteiger partial charge in [-0.25, -0.2) is 13.6 Å². The Kier molecular flexibility index (Phi) is 7.57. The summed E-state index contributed by atoms with van der Waals surface area (Å²) in [5.74, 6) is -1.03. The number of nitrogens with one attached hydrogen (secondary N) is 3. The average Bonchev–Trinajstić information content (AvgIpc) is 3.51. The van der Waals surface area contributed by atoms with E-state index in [0.29, 0.717) is 17.9 Å². The number of aliphatic hydroxyl groups excluding tert-OH is 1. The molecule has 2 fully saturated rings. The number of hydrogen-bond donors (Lipinski definition) is 4. The van der Waals surface area contributed by atoms with Crippen LogP contribution in [-0.2, 0) is 16.1 Å². The van der Waals surface area contributed by atoms with Crippen LogP contribution in [0.25, 0.3) is 0 Å². The van der Waals surface area contributed by atoms with Crippen molar-refractivity contribution in [1.82, 2.24) is 10.6 Å². The minimum atomic E-state index is -0.633. The van der Waals surface area contributed by atoms with Gasteiger partial charge in [0.15, 0.2) is 0 Å². The van der Waals surface area contributed by atoms with Crippen molar-refractivity contribution in [3.8, 4) is 5.75 Å². The number of anilines is 1. The van der Waals surface area contributed by atoms with E-state index in [1.54, 1.807) is 12.1 Å². The molecule has 1 saturated carbocycles. The SMILES string of the molecule is O=C(C[C@@H]1C[C@@H]2c3cc(NC(=O)NC4CCCC4)ccc3O[C@@H]2[C@@H](CO)O1)NCc1cc(F)ccc1F. The number of amides is 3. The number of rotatable bonds is 7. The molecule has 0 radical (unpaired) electrons. The van der Waals surface area contributed by atoms with E-state index in [0.717, 1.165) is 49.4 Å². The van der Waals surface area contributed by atoms with Gasteiger partial charge in [0, 0.05) is 35.3 Å². The number of hydrogen-bond acceptors (Lipinski definition) is 5. The first-order chi connectivity index (χ1) is 17.9. The molecule has 2 aliphatic heterocycles. The molecule has 4 N–H and O–H groups in total.